The van der Waals surface area contributed by atoms with Crippen LogP contribution in [0.25, 0.3) is 33.4 Å². The molecule has 7 nitrogen and oxygen atoms in total. The number of amides is 1. The van der Waals surface area contributed by atoms with E-state index < -0.39 is 9.84 Å². The fourth-order valence-electron chi connectivity index (χ4n) is 4.70. The van der Waals surface area contributed by atoms with Crippen LogP contribution in [0, 0.1) is 12.7 Å². The Morgan fingerprint density at radius 2 is 1.76 bits per heavy atom. The molecule has 4 aromatic rings. The second-order valence-corrected chi connectivity index (χ2v) is 12.2. The van der Waals surface area contributed by atoms with E-state index in [1.165, 1.54) is 6.07 Å². The molecule has 0 spiro atoms. The van der Waals surface area contributed by atoms with Crippen molar-refractivity contribution in [3.63, 3.8) is 0 Å². The second-order valence-electron chi connectivity index (χ2n) is 9.89. The van der Waals surface area contributed by atoms with Crippen molar-refractivity contribution in [3.05, 3.63) is 83.3 Å². The number of rotatable bonds is 5. The molecule has 0 radical (unpaired) electrons. The molecular weight excluding hydrogens is 503 g/mol. The summed E-state index contributed by atoms with van der Waals surface area (Å²) in [5.41, 5.74) is 6.32. The van der Waals surface area contributed by atoms with E-state index in [4.69, 9.17) is 4.98 Å². The minimum Gasteiger partial charge on any atom is -0.345 e. The van der Waals surface area contributed by atoms with Crippen LogP contribution in [0.2, 0.25) is 0 Å². The molecule has 5 rings (SSSR count). The van der Waals surface area contributed by atoms with E-state index in [-0.39, 0.29) is 23.2 Å². The van der Waals surface area contributed by atoms with Gasteiger partial charge in [-0.2, -0.15) is 0 Å². The molecule has 1 aliphatic rings. The maximum Gasteiger partial charge on any atom is 0.253 e. The van der Waals surface area contributed by atoms with E-state index in [1.54, 1.807) is 37.3 Å². The number of benzene rings is 3. The zero-order valence-electron chi connectivity index (χ0n) is 21.6. The van der Waals surface area contributed by atoms with Gasteiger partial charge in [0.2, 0.25) is 0 Å². The van der Waals surface area contributed by atoms with Crippen LogP contribution in [0.4, 0.5) is 4.39 Å². The monoisotopic (exact) mass is 532 g/mol. The molecule has 0 unspecified atom stereocenters. The summed E-state index contributed by atoms with van der Waals surface area (Å²) < 4.78 is 38.6. The summed E-state index contributed by atoms with van der Waals surface area (Å²) in [5, 5.41) is 0. The normalized spacial score (nSPS) is 15.5. The molecule has 1 saturated heterocycles. The van der Waals surface area contributed by atoms with Crippen LogP contribution in [0.1, 0.15) is 21.5 Å². The van der Waals surface area contributed by atoms with E-state index in [0.29, 0.717) is 53.1 Å². The molecular formula is C29H29FN4O3S. The summed E-state index contributed by atoms with van der Waals surface area (Å²) in [6, 6.07) is 16.4. The van der Waals surface area contributed by atoms with Gasteiger partial charge in [0.1, 0.15) is 5.82 Å². The summed E-state index contributed by atoms with van der Waals surface area (Å²) in [4.78, 5) is 25.4. The zero-order chi connectivity index (χ0) is 27.0. The van der Waals surface area contributed by atoms with E-state index in [0.717, 1.165) is 16.7 Å². The summed E-state index contributed by atoms with van der Waals surface area (Å²) >= 11 is 0. The van der Waals surface area contributed by atoms with Crippen LogP contribution in [0.5, 0.6) is 0 Å². The number of hydrogen-bond donors (Lipinski definition) is 0. The van der Waals surface area contributed by atoms with E-state index >= 15 is 4.39 Å². The van der Waals surface area contributed by atoms with Gasteiger partial charge in [-0.1, -0.05) is 30.3 Å². The summed E-state index contributed by atoms with van der Waals surface area (Å²) in [7, 11) is 0.465. The Morgan fingerprint density at radius 3 is 2.45 bits per heavy atom. The van der Waals surface area contributed by atoms with Gasteiger partial charge >= 0.3 is 0 Å². The summed E-state index contributed by atoms with van der Waals surface area (Å²) in [5.74, 6) is -0.180. The number of sulfone groups is 1. The van der Waals surface area contributed by atoms with Crippen molar-refractivity contribution >= 4 is 26.8 Å². The predicted molar refractivity (Wildman–Crippen MR) is 147 cm³/mol. The average molecular weight is 533 g/mol. The first-order valence-corrected chi connectivity index (χ1v) is 14.2. The van der Waals surface area contributed by atoms with Crippen molar-refractivity contribution < 1.29 is 17.6 Å². The van der Waals surface area contributed by atoms with Crippen LogP contribution in [-0.4, -0.2) is 72.8 Å². The van der Waals surface area contributed by atoms with Crippen molar-refractivity contribution in [3.8, 4) is 22.4 Å². The lowest BCUT2D eigenvalue weighted by molar-refractivity contribution is 0.0827. The molecule has 0 atom stereocenters. The van der Waals surface area contributed by atoms with Crippen LogP contribution >= 0.6 is 0 Å². The maximum absolute atomic E-state index is 15.2. The maximum atomic E-state index is 15.2. The highest BCUT2D eigenvalue weighted by Crippen LogP contribution is 2.30. The van der Waals surface area contributed by atoms with Crippen LogP contribution in [-0.2, 0) is 16.4 Å². The van der Waals surface area contributed by atoms with Gasteiger partial charge in [-0.05, 0) is 42.3 Å². The Balaban J connectivity index is 1.46. The topological polar surface area (TPSA) is 83.5 Å². The number of para-hydroxylation sites is 1. The molecule has 0 saturated carbocycles. The highest BCUT2D eigenvalue weighted by atomic mass is 32.2. The van der Waals surface area contributed by atoms with Gasteiger partial charge in [-0.3, -0.25) is 14.7 Å². The van der Waals surface area contributed by atoms with E-state index in [2.05, 4.69) is 4.98 Å². The third-order valence-corrected chi connectivity index (χ3v) is 8.54. The third kappa shape index (κ3) is 5.30. The van der Waals surface area contributed by atoms with E-state index in [1.807, 2.05) is 48.2 Å². The minimum absolute atomic E-state index is 0.0586. The molecule has 1 fully saturated rings. The molecule has 2 heterocycles. The molecule has 0 N–H and O–H groups in total. The molecule has 196 valence electrons. The number of hydrogen-bond acceptors (Lipinski definition) is 6. The highest BCUT2D eigenvalue weighted by Gasteiger charge is 2.22. The molecule has 1 amide bonds. The minimum atomic E-state index is -2.98. The largest absolute Gasteiger partial charge is 0.345 e. The number of halogens is 1. The van der Waals surface area contributed by atoms with Gasteiger partial charge in [0.15, 0.2) is 9.84 Å². The van der Waals surface area contributed by atoms with Gasteiger partial charge in [0.05, 0.1) is 34.4 Å². The van der Waals surface area contributed by atoms with E-state index in [9.17, 15) is 13.2 Å². The molecule has 1 aromatic heterocycles. The number of carbonyl (C=O) groups excluding carboxylic acids is 1. The Kier molecular flexibility index (Phi) is 6.98. The highest BCUT2D eigenvalue weighted by molar-refractivity contribution is 7.91. The lowest BCUT2D eigenvalue weighted by Gasteiger charge is -2.26. The lowest BCUT2D eigenvalue weighted by Crippen LogP contribution is -2.39. The summed E-state index contributed by atoms with van der Waals surface area (Å²) in [6.07, 6.45) is 1.71. The van der Waals surface area contributed by atoms with Crippen molar-refractivity contribution in [2.75, 3.05) is 38.7 Å². The molecule has 9 heteroatoms. The van der Waals surface area contributed by atoms with Crippen molar-refractivity contribution in [2.24, 2.45) is 0 Å². The average Bonchev–Trinajstić information content (AvgIpc) is 2.89. The zero-order valence-corrected chi connectivity index (χ0v) is 22.4. The Bertz CT molecular complexity index is 1640. The van der Waals surface area contributed by atoms with Crippen LogP contribution in [0.15, 0.2) is 60.8 Å². The predicted octanol–water partition coefficient (Wildman–Crippen LogP) is 4.34. The Morgan fingerprint density at radius 1 is 1.03 bits per heavy atom. The SMILES string of the molecule is Cc1cc(-c2cnc3cccc(-c4ccc(CN5CCS(=O)(=O)CC5)c(F)c4)c3n2)ccc1C(=O)N(C)C. The smallest absolute Gasteiger partial charge is 0.253 e. The molecule has 38 heavy (non-hydrogen) atoms. The Labute approximate surface area is 221 Å². The number of nitrogens with zero attached hydrogens (tertiary/aromatic N) is 4. The van der Waals surface area contributed by atoms with Crippen molar-refractivity contribution in [1.82, 2.24) is 19.8 Å². The summed E-state index contributed by atoms with van der Waals surface area (Å²) in [6.45, 7) is 3.09. The molecule has 1 aliphatic heterocycles. The van der Waals surface area contributed by atoms with Crippen LogP contribution in [0.3, 0.4) is 0 Å². The first kappa shape index (κ1) is 25.9. The van der Waals surface area contributed by atoms with Gasteiger partial charge in [-0.15, -0.1) is 0 Å². The number of aryl methyl sites for hydroxylation is 1. The van der Waals surface area contributed by atoms with Crippen molar-refractivity contribution in [1.29, 1.82) is 0 Å². The lowest BCUT2D eigenvalue weighted by atomic mass is 10.0. The third-order valence-electron chi connectivity index (χ3n) is 6.93. The van der Waals surface area contributed by atoms with Gasteiger partial charge in [-0.25, -0.2) is 17.8 Å². The standard InChI is InChI=1S/C29H29FN4O3S/c1-19-15-21(9-10-23(19)29(35)33(2)3)27-17-31-26-6-4-5-24(28(26)32-27)20-7-8-22(25(30)16-20)18-34-11-13-38(36,37)14-12-34/h4-10,15-17H,11-14,18H2,1-3H3. The first-order valence-electron chi connectivity index (χ1n) is 12.4. The number of fused-ring (bicyclic) bond motifs is 1. The van der Waals surface area contributed by atoms with Gasteiger partial charge < -0.3 is 4.90 Å². The quantitative estimate of drug-likeness (QED) is 0.380. The van der Waals surface area contributed by atoms with Gasteiger partial charge in [0, 0.05) is 56.0 Å². The molecule has 3 aromatic carbocycles. The Hall–Kier alpha value is -3.69. The number of carbonyl (C=O) groups is 1. The molecule has 0 aliphatic carbocycles. The second kappa shape index (κ2) is 10.2. The fraction of sp³-hybridized carbons (Fsp3) is 0.276. The van der Waals surface area contributed by atoms with Crippen LogP contribution < -0.4 is 0 Å². The first-order chi connectivity index (χ1) is 18.1. The van der Waals surface area contributed by atoms with Crippen molar-refractivity contribution in [2.45, 2.75) is 13.5 Å². The fourth-order valence-corrected chi connectivity index (χ4v) is 5.98. The number of aromatic nitrogens is 2. The molecule has 0 bridgehead atoms. The van der Waals surface area contributed by atoms with Gasteiger partial charge in [0.25, 0.3) is 5.91 Å².